The standard InChI is InChI=1S/C8H7N5O2S2/c1-4-10-8(17-12-4)16-7-5(13(14)15)2-3-6(9)11-7/h2-3H,1H3,(H2,9,11). The maximum atomic E-state index is 10.8. The van der Waals surface area contributed by atoms with Gasteiger partial charge < -0.3 is 5.73 Å². The van der Waals surface area contributed by atoms with Crippen LogP contribution in [0.5, 0.6) is 0 Å². The summed E-state index contributed by atoms with van der Waals surface area (Å²) in [5.74, 6) is 0.864. The molecule has 2 aromatic heterocycles. The van der Waals surface area contributed by atoms with E-state index in [9.17, 15) is 10.1 Å². The van der Waals surface area contributed by atoms with Gasteiger partial charge in [0, 0.05) is 6.07 Å². The zero-order valence-electron chi connectivity index (χ0n) is 8.65. The molecule has 0 aliphatic rings. The summed E-state index contributed by atoms with van der Waals surface area (Å²) in [7, 11) is 0. The van der Waals surface area contributed by atoms with Crippen LogP contribution >= 0.6 is 23.3 Å². The molecule has 2 heterocycles. The second kappa shape index (κ2) is 4.63. The van der Waals surface area contributed by atoms with Gasteiger partial charge in [0.2, 0.25) is 0 Å². The highest BCUT2D eigenvalue weighted by Crippen LogP contribution is 2.34. The summed E-state index contributed by atoms with van der Waals surface area (Å²) in [5.41, 5.74) is 5.42. The van der Waals surface area contributed by atoms with E-state index in [0.717, 1.165) is 11.8 Å². The van der Waals surface area contributed by atoms with Crippen molar-refractivity contribution in [3.63, 3.8) is 0 Å². The molecule has 2 rings (SSSR count). The molecule has 9 heteroatoms. The Balaban J connectivity index is 2.37. The molecule has 0 aliphatic carbocycles. The van der Waals surface area contributed by atoms with Gasteiger partial charge in [0.1, 0.15) is 11.6 Å². The third kappa shape index (κ3) is 2.68. The highest BCUT2D eigenvalue weighted by molar-refractivity contribution is 8.01. The Morgan fingerprint density at radius 1 is 1.47 bits per heavy atom. The SMILES string of the molecule is Cc1nsc(Sc2nc(N)ccc2[N+](=O)[O-])n1. The highest BCUT2D eigenvalue weighted by Gasteiger charge is 2.18. The van der Waals surface area contributed by atoms with Crippen molar-refractivity contribution in [1.29, 1.82) is 0 Å². The second-order valence-electron chi connectivity index (χ2n) is 3.03. The highest BCUT2D eigenvalue weighted by atomic mass is 32.2. The minimum atomic E-state index is -0.497. The number of aromatic nitrogens is 3. The fraction of sp³-hybridized carbons (Fsp3) is 0.125. The lowest BCUT2D eigenvalue weighted by atomic mass is 10.4. The first-order chi connectivity index (χ1) is 8.06. The van der Waals surface area contributed by atoms with Gasteiger partial charge in [-0.05, 0) is 36.3 Å². The van der Waals surface area contributed by atoms with Crippen LogP contribution in [-0.4, -0.2) is 19.3 Å². The molecule has 0 saturated heterocycles. The first-order valence-electron chi connectivity index (χ1n) is 4.45. The second-order valence-corrected chi connectivity index (χ2v) is 5.01. The van der Waals surface area contributed by atoms with Gasteiger partial charge in [-0.25, -0.2) is 9.97 Å². The van der Waals surface area contributed by atoms with Crippen molar-refractivity contribution < 1.29 is 4.92 Å². The molecule has 2 N–H and O–H groups in total. The fourth-order valence-electron chi connectivity index (χ4n) is 1.06. The van der Waals surface area contributed by atoms with E-state index in [2.05, 4.69) is 14.3 Å². The number of hydrogen-bond donors (Lipinski definition) is 1. The van der Waals surface area contributed by atoms with Crippen molar-refractivity contribution in [3.05, 3.63) is 28.1 Å². The van der Waals surface area contributed by atoms with Crippen molar-refractivity contribution in [2.45, 2.75) is 16.3 Å². The van der Waals surface area contributed by atoms with Crippen LogP contribution in [0.3, 0.4) is 0 Å². The van der Waals surface area contributed by atoms with Gasteiger partial charge >= 0.3 is 5.69 Å². The molecule has 0 spiro atoms. The predicted molar refractivity (Wildman–Crippen MR) is 64.1 cm³/mol. The van der Waals surface area contributed by atoms with Crippen molar-refractivity contribution >= 4 is 34.8 Å². The van der Waals surface area contributed by atoms with Crippen LogP contribution < -0.4 is 5.73 Å². The van der Waals surface area contributed by atoms with Gasteiger partial charge in [-0.15, -0.1) is 0 Å². The molecule has 0 fully saturated rings. The quantitative estimate of drug-likeness (QED) is 0.669. The zero-order valence-corrected chi connectivity index (χ0v) is 10.3. The Labute approximate surface area is 104 Å². The first kappa shape index (κ1) is 11.7. The van der Waals surface area contributed by atoms with E-state index in [4.69, 9.17) is 5.73 Å². The number of nitro groups is 1. The summed E-state index contributed by atoms with van der Waals surface area (Å²) in [5, 5.41) is 11.0. The maximum absolute atomic E-state index is 10.8. The average molecular weight is 269 g/mol. The van der Waals surface area contributed by atoms with E-state index in [1.807, 2.05) is 0 Å². The minimum absolute atomic E-state index is 0.0861. The molecule has 7 nitrogen and oxygen atoms in total. The monoisotopic (exact) mass is 269 g/mol. The number of hydrogen-bond acceptors (Lipinski definition) is 8. The number of pyridine rings is 1. The van der Waals surface area contributed by atoms with Gasteiger partial charge in [0.15, 0.2) is 9.37 Å². The molecule has 0 aliphatic heterocycles. The van der Waals surface area contributed by atoms with E-state index in [1.54, 1.807) is 6.92 Å². The number of anilines is 1. The topological polar surface area (TPSA) is 108 Å². The van der Waals surface area contributed by atoms with E-state index in [0.29, 0.717) is 10.2 Å². The van der Waals surface area contributed by atoms with E-state index in [1.165, 1.54) is 23.7 Å². The third-order valence-electron chi connectivity index (χ3n) is 1.75. The lowest BCUT2D eigenvalue weighted by Crippen LogP contribution is -1.97. The van der Waals surface area contributed by atoms with E-state index < -0.39 is 4.92 Å². The maximum Gasteiger partial charge on any atom is 0.301 e. The molecule has 0 amide bonds. The summed E-state index contributed by atoms with van der Waals surface area (Å²) >= 11 is 2.26. The fourth-order valence-corrected chi connectivity index (χ4v) is 2.73. The van der Waals surface area contributed by atoms with Crippen LogP contribution in [0.2, 0.25) is 0 Å². The minimum Gasteiger partial charge on any atom is -0.384 e. The summed E-state index contributed by atoms with van der Waals surface area (Å²) < 4.78 is 4.59. The molecule has 0 radical (unpaired) electrons. The lowest BCUT2D eigenvalue weighted by molar-refractivity contribution is -0.388. The van der Waals surface area contributed by atoms with Gasteiger partial charge in [-0.1, -0.05) is 0 Å². The van der Waals surface area contributed by atoms with Crippen LogP contribution in [-0.2, 0) is 0 Å². The molecule has 0 atom stereocenters. The average Bonchev–Trinajstić information content (AvgIpc) is 2.63. The molecule has 0 aromatic carbocycles. The first-order valence-corrected chi connectivity index (χ1v) is 6.04. The van der Waals surface area contributed by atoms with Crippen LogP contribution in [0.4, 0.5) is 11.5 Å². The normalized spacial score (nSPS) is 10.4. The Morgan fingerprint density at radius 2 is 2.24 bits per heavy atom. The predicted octanol–water partition coefficient (Wildman–Crippen LogP) is 1.88. The molecule has 0 saturated carbocycles. The zero-order chi connectivity index (χ0) is 12.4. The number of nitrogens with zero attached hydrogens (tertiary/aromatic N) is 4. The van der Waals surface area contributed by atoms with Gasteiger partial charge in [-0.3, -0.25) is 10.1 Å². The van der Waals surface area contributed by atoms with Crippen molar-refractivity contribution in [1.82, 2.24) is 14.3 Å². The molecule has 0 unspecified atom stereocenters. The summed E-state index contributed by atoms with van der Waals surface area (Å²) in [6.07, 6.45) is 0. The Hall–Kier alpha value is -1.74. The number of nitrogen functional groups attached to an aromatic ring is 1. The smallest absolute Gasteiger partial charge is 0.301 e. The third-order valence-corrected chi connectivity index (χ3v) is 3.59. The summed E-state index contributed by atoms with van der Waals surface area (Å²) in [6.45, 7) is 1.75. The van der Waals surface area contributed by atoms with E-state index >= 15 is 0 Å². The van der Waals surface area contributed by atoms with Crippen molar-refractivity contribution in [2.24, 2.45) is 0 Å². The molecule has 17 heavy (non-hydrogen) atoms. The van der Waals surface area contributed by atoms with Crippen LogP contribution in [0.1, 0.15) is 5.82 Å². The summed E-state index contributed by atoms with van der Waals surface area (Å²) in [6, 6.07) is 2.73. The lowest BCUT2D eigenvalue weighted by Gasteiger charge is -1.99. The van der Waals surface area contributed by atoms with E-state index in [-0.39, 0.29) is 16.5 Å². The molecule has 2 aromatic rings. The van der Waals surface area contributed by atoms with Crippen molar-refractivity contribution in [3.8, 4) is 0 Å². The van der Waals surface area contributed by atoms with Crippen LogP contribution in [0.15, 0.2) is 21.5 Å². The van der Waals surface area contributed by atoms with Gasteiger partial charge in [0.25, 0.3) is 0 Å². The van der Waals surface area contributed by atoms with Gasteiger partial charge in [-0.2, -0.15) is 4.37 Å². The Morgan fingerprint density at radius 3 is 2.82 bits per heavy atom. The largest absolute Gasteiger partial charge is 0.384 e. The number of nitrogens with two attached hydrogens (primary N) is 1. The molecule has 88 valence electrons. The van der Waals surface area contributed by atoms with Crippen molar-refractivity contribution in [2.75, 3.05) is 5.73 Å². The molecule has 0 bridgehead atoms. The number of rotatable bonds is 3. The number of aryl methyl sites for hydroxylation is 1. The van der Waals surface area contributed by atoms with Gasteiger partial charge in [0.05, 0.1) is 4.92 Å². The van der Waals surface area contributed by atoms with Crippen LogP contribution in [0.25, 0.3) is 0 Å². The molecular weight excluding hydrogens is 262 g/mol. The summed E-state index contributed by atoms with van der Waals surface area (Å²) in [4.78, 5) is 18.3. The van der Waals surface area contributed by atoms with Crippen LogP contribution in [0, 0.1) is 17.0 Å². The Bertz CT molecular complexity index is 571. The molecular formula is C8H7N5O2S2. The Kier molecular flexibility index (Phi) is 3.20.